The number of benzene rings is 1. The van der Waals surface area contributed by atoms with Crippen molar-refractivity contribution in [2.45, 2.75) is 47.1 Å². The lowest BCUT2D eigenvalue weighted by atomic mass is 10.1. The molecule has 0 aliphatic rings. The standard InChI is InChI=1S/C17H29ClN2/c1-5-10-19-12-15-11-16(18)8-9-17(15)20(7-3)13-14(4)6-2/h8-9,11,14,19H,5-7,10,12-13H2,1-4H3. The summed E-state index contributed by atoms with van der Waals surface area (Å²) < 4.78 is 0. The Morgan fingerprint density at radius 1 is 1.25 bits per heavy atom. The Hall–Kier alpha value is -0.730. The van der Waals surface area contributed by atoms with E-state index in [1.165, 1.54) is 17.7 Å². The molecular formula is C17H29ClN2. The van der Waals surface area contributed by atoms with Gasteiger partial charge >= 0.3 is 0 Å². The highest BCUT2D eigenvalue weighted by Gasteiger charge is 2.12. The summed E-state index contributed by atoms with van der Waals surface area (Å²) in [5.41, 5.74) is 2.62. The predicted molar refractivity (Wildman–Crippen MR) is 90.8 cm³/mol. The number of anilines is 1. The molecule has 0 saturated carbocycles. The van der Waals surface area contributed by atoms with Gasteiger partial charge in [0.15, 0.2) is 0 Å². The maximum Gasteiger partial charge on any atom is 0.0412 e. The fourth-order valence-electron chi connectivity index (χ4n) is 2.31. The molecule has 1 unspecified atom stereocenters. The van der Waals surface area contributed by atoms with Crippen LogP contribution in [0.4, 0.5) is 5.69 Å². The van der Waals surface area contributed by atoms with Gasteiger partial charge in [-0.3, -0.25) is 0 Å². The molecule has 3 heteroatoms. The summed E-state index contributed by atoms with van der Waals surface area (Å²) in [6.45, 7) is 13.1. The average Bonchev–Trinajstić information content (AvgIpc) is 2.45. The molecule has 0 aromatic heterocycles. The van der Waals surface area contributed by atoms with Crippen LogP contribution >= 0.6 is 11.6 Å². The predicted octanol–water partition coefficient (Wildman–Crippen LogP) is 4.71. The van der Waals surface area contributed by atoms with Crippen molar-refractivity contribution in [1.82, 2.24) is 5.32 Å². The lowest BCUT2D eigenvalue weighted by Crippen LogP contribution is -2.29. The maximum atomic E-state index is 6.16. The summed E-state index contributed by atoms with van der Waals surface area (Å²) in [7, 11) is 0. The van der Waals surface area contributed by atoms with E-state index in [4.69, 9.17) is 11.6 Å². The van der Waals surface area contributed by atoms with Gasteiger partial charge in [-0.15, -0.1) is 0 Å². The Kier molecular flexibility index (Phi) is 8.01. The molecule has 20 heavy (non-hydrogen) atoms. The van der Waals surface area contributed by atoms with Gasteiger partial charge in [-0.25, -0.2) is 0 Å². The van der Waals surface area contributed by atoms with Crippen LogP contribution < -0.4 is 10.2 Å². The fraction of sp³-hybridized carbons (Fsp3) is 0.647. The number of nitrogens with one attached hydrogen (secondary N) is 1. The van der Waals surface area contributed by atoms with Crippen LogP contribution in [-0.2, 0) is 6.54 Å². The van der Waals surface area contributed by atoms with Gasteiger partial charge in [0.2, 0.25) is 0 Å². The van der Waals surface area contributed by atoms with E-state index in [1.54, 1.807) is 0 Å². The summed E-state index contributed by atoms with van der Waals surface area (Å²) in [5, 5.41) is 4.30. The van der Waals surface area contributed by atoms with Gasteiger partial charge in [-0.1, -0.05) is 38.8 Å². The van der Waals surface area contributed by atoms with Crippen LogP contribution in [0.15, 0.2) is 18.2 Å². The monoisotopic (exact) mass is 296 g/mol. The summed E-state index contributed by atoms with van der Waals surface area (Å²) in [6, 6.07) is 6.26. The molecule has 2 nitrogen and oxygen atoms in total. The van der Waals surface area contributed by atoms with Crippen molar-refractivity contribution in [2.24, 2.45) is 5.92 Å². The topological polar surface area (TPSA) is 15.3 Å². The molecule has 0 bridgehead atoms. The largest absolute Gasteiger partial charge is 0.371 e. The zero-order valence-electron chi connectivity index (χ0n) is 13.4. The number of hydrogen-bond donors (Lipinski definition) is 1. The highest BCUT2D eigenvalue weighted by atomic mass is 35.5. The highest BCUT2D eigenvalue weighted by molar-refractivity contribution is 6.30. The van der Waals surface area contributed by atoms with Crippen molar-refractivity contribution in [3.8, 4) is 0 Å². The van der Waals surface area contributed by atoms with Gasteiger partial charge in [-0.05, 0) is 49.6 Å². The number of hydrogen-bond acceptors (Lipinski definition) is 2. The van der Waals surface area contributed by atoms with Crippen LogP contribution in [0.1, 0.15) is 46.1 Å². The molecule has 0 saturated heterocycles. The SMILES string of the molecule is CCCNCc1cc(Cl)ccc1N(CC)CC(C)CC. The Morgan fingerprint density at radius 3 is 2.60 bits per heavy atom. The van der Waals surface area contributed by atoms with Crippen molar-refractivity contribution in [1.29, 1.82) is 0 Å². The van der Waals surface area contributed by atoms with Gasteiger partial charge in [-0.2, -0.15) is 0 Å². The van der Waals surface area contributed by atoms with Gasteiger partial charge in [0, 0.05) is 30.3 Å². The third-order valence-corrected chi connectivity index (χ3v) is 3.97. The molecule has 1 aromatic carbocycles. The third-order valence-electron chi connectivity index (χ3n) is 3.74. The lowest BCUT2D eigenvalue weighted by Gasteiger charge is -2.28. The first-order valence-corrected chi connectivity index (χ1v) is 8.24. The minimum atomic E-state index is 0.710. The van der Waals surface area contributed by atoms with Gasteiger partial charge in [0.1, 0.15) is 0 Å². The average molecular weight is 297 g/mol. The molecule has 0 aliphatic heterocycles. The van der Waals surface area contributed by atoms with Crippen molar-refractivity contribution >= 4 is 17.3 Å². The molecule has 1 rings (SSSR count). The summed E-state index contributed by atoms with van der Waals surface area (Å²) in [5.74, 6) is 0.710. The zero-order valence-corrected chi connectivity index (χ0v) is 14.1. The first-order chi connectivity index (χ1) is 9.62. The van der Waals surface area contributed by atoms with E-state index in [-0.39, 0.29) is 0 Å². The molecular weight excluding hydrogens is 268 g/mol. The van der Waals surface area contributed by atoms with Gasteiger partial charge in [0.05, 0.1) is 0 Å². The number of rotatable bonds is 9. The Morgan fingerprint density at radius 2 is 2.00 bits per heavy atom. The van der Waals surface area contributed by atoms with E-state index < -0.39 is 0 Å². The smallest absolute Gasteiger partial charge is 0.0412 e. The second-order valence-corrected chi connectivity index (χ2v) is 5.94. The van der Waals surface area contributed by atoms with Crippen LogP contribution in [-0.4, -0.2) is 19.6 Å². The first-order valence-electron chi connectivity index (χ1n) is 7.86. The van der Waals surface area contributed by atoms with Crippen LogP contribution in [0, 0.1) is 5.92 Å². The van der Waals surface area contributed by atoms with E-state index in [9.17, 15) is 0 Å². The normalized spacial score (nSPS) is 12.4. The van der Waals surface area contributed by atoms with Crippen LogP contribution in [0.5, 0.6) is 0 Å². The summed E-state index contributed by atoms with van der Waals surface area (Å²) in [4.78, 5) is 2.47. The Bertz CT molecular complexity index is 393. The Balaban J connectivity index is 2.89. The van der Waals surface area contributed by atoms with Crippen LogP contribution in [0.2, 0.25) is 5.02 Å². The minimum Gasteiger partial charge on any atom is -0.371 e. The van der Waals surface area contributed by atoms with Gasteiger partial charge in [0.25, 0.3) is 0 Å². The molecule has 114 valence electrons. The summed E-state index contributed by atoms with van der Waals surface area (Å²) in [6.07, 6.45) is 2.37. The molecule has 1 aromatic rings. The lowest BCUT2D eigenvalue weighted by molar-refractivity contribution is 0.546. The zero-order chi connectivity index (χ0) is 15.0. The van der Waals surface area contributed by atoms with Crippen LogP contribution in [0.25, 0.3) is 0 Å². The fourth-order valence-corrected chi connectivity index (χ4v) is 2.50. The van der Waals surface area contributed by atoms with Crippen LogP contribution in [0.3, 0.4) is 0 Å². The molecule has 0 aliphatic carbocycles. The van der Waals surface area contributed by atoms with E-state index in [2.05, 4.69) is 50.0 Å². The molecule has 0 amide bonds. The Labute approximate surface area is 129 Å². The number of halogens is 1. The molecule has 0 fully saturated rings. The van der Waals surface area contributed by atoms with Crippen molar-refractivity contribution in [3.05, 3.63) is 28.8 Å². The van der Waals surface area contributed by atoms with E-state index in [0.717, 1.165) is 37.6 Å². The second-order valence-electron chi connectivity index (χ2n) is 5.50. The third kappa shape index (κ3) is 5.34. The van der Waals surface area contributed by atoms with Gasteiger partial charge < -0.3 is 10.2 Å². The minimum absolute atomic E-state index is 0.710. The molecule has 0 radical (unpaired) electrons. The first kappa shape index (κ1) is 17.3. The number of nitrogens with zero attached hydrogens (tertiary/aromatic N) is 1. The highest BCUT2D eigenvalue weighted by Crippen LogP contribution is 2.25. The van der Waals surface area contributed by atoms with Crippen molar-refractivity contribution in [3.63, 3.8) is 0 Å². The van der Waals surface area contributed by atoms with Crippen molar-refractivity contribution in [2.75, 3.05) is 24.5 Å². The molecule has 0 spiro atoms. The molecule has 1 atom stereocenters. The summed E-state index contributed by atoms with van der Waals surface area (Å²) >= 11 is 6.16. The van der Waals surface area contributed by atoms with E-state index in [0.29, 0.717) is 5.92 Å². The quantitative estimate of drug-likeness (QED) is 0.664. The molecule has 0 heterocycles. The second kappa shape index (κ2) is 9.25. The van der Waals surface area contributed by atoms with E-state index >= 15 is 0 Å². The van der Waals surface area contributed by atoms with Crippen molar-refractivity contribution < 1.29 is 0 Å². The maximum absolute atomic E-state index is 6.16. The molecule has 1 N–H and O–H groups in total. The van der Waals surface area contributed by atoms with E-state index in [1.807, 2.05) is 6.07 Å².